The van der Waals surface area contributed by atoms with E-state index in [1.54, 1.807) is 0 Å². The average Bonchev–Trinajstić information content (AvgIpc) is 0. The molecule has 0 heterocycles. The van der Waals surface area contributed by atoms with Gasteiger partial charge in [0.25, 0.3) is 0 Å². The van der Waals surface area contributed by atoms with E-state index in [1.807, 2.05) is 0 Å². The summed E-state index contributed by atoms with van der Waals surface area (Å²) in [4.78, 5) is 0. The number of rotatable bonds is 0. The van der Waals surface area contributed by atoms with E-state index in [0.717, 1.165) is 0 Å². The van der Waals surface area contributed by atoms with Crippen LogP contribution >= 0.6 is 0 Å². The van der Waals surface area contributed by atoms with E-state index in [0.29, 0.717) is 0 Å². The summed E-state index contributed by atoms with van der Waals surface area (Å²) in [7, 11) is 0. The molecule has 0 spiro atoms. The van der Waals surface area contributed by atoms with Gasteiger partial charge in [0.05, 0.1) is 0 Å². The van der Waals surface area contributed by atoms with Gasteiger partial charge in [-0.15, -0.1) is 0 Å². The van der Waals surface area contributed by atoms with E-state index in [1.165, 1.54) is 0 Å². The SMILES string of the molecule is [Al+3].[Ca+2].[O-2].[Ti+4]. The largest absolute Gasteiger partial charge is 4.00 e. The predicted octanol–water partition coefficient (Wildman–Crippen LogP) is -0.883. The van der Waals surface area contributed by atoms with Crippen molar-refractivity contribution in [3.63, 3.8) is 0 Å². The second-order valence-electron chi connectivity index (χ2n) is 0. The monoisotopic (exact) mass is 131 g/mol. The molecule has 0 aliphatic carbocycles. The van der Waals surface area contributed by atoms with Crippen molar-refractivity contribution in [1.29, 1.82) is 0 Å². The summed E-state index contributed by atoms with van der Waals surface area (Å²) < 4.78 is 0. The topological polar surface area (TPSA) is 28.5 Å². The summed E-state index contributed by atoms with van der Waals surface area (Å²) in [5, 5.41) is 0. The van der Waals surface area contributed by atoms with E-state index in [-0.39, 0.29) is 82.3 Å². The van der Waals surface area contributed by atoms with Gasteiger partial charge in [0, 0.05) is 0 Å². The summed E-state index contributed by atoms with van der Waals surface area (Å²) in [5.41, 5.74) is 0. The molecule has 0 amide bonds. The van der Waals surface area contributed by atoms with Gasteiger partial charge in [0.15, 0.2) is 0 Å². The van der Waals surface area contributed by atoms with Crippen molar-refractivity contribution in [2.75, 3.05) is 0 Å². The molecule has 0 aromatic carbocycles. The molecule has 0 aromatic heterocycles. The van der Waals surface area contributed by atoms with Crippen molar-refractivity contribution in [2.24, 2.45) is 0 Å². The van der Waals surface area contributed by atoms with Crippen molar-refractivity contribution in [1.82, 2.24) is 0 Å². The van der Waals surface area contributed by atoms with Crippen LogP contribution in [0.3, 0.4) is 0 Å². The maximum atomic E-state index is 0. The van der Waals surface area contributed by atoms with Crippen LogP contribution in [0.2, 0.25) is 0 Å². The maximum absolute atomic E-state index is 0. The van der Waals surface area contributed by atoms with Gasteiger partial charge < -0.3 is 5.48 Å². The third-order valence-corrected chi connectivity index (χ3v) is 0. The fourth-order valence-corrected chi connectivity index (χ4v) is 0. The average molecular weight is 131 g/mol. The van der Waals surface area contributed by atoms with E-state index in [4.69, 9.17) is 0 Å². The van der Waals surface area contributed by atoms with Gasteiger partial charge in [-0.05, 0) is 0 Å². The minimum absolute atomic E-state index is 0. The Labute approximate surface area is 80.8 Å². The molecule has 0 rings (SSSR count). The molecule has 1 nitrogen and oxygen atoms in total. The zero-order valence-corrected chi connectivity index (χ0v) is 7.12. The third kappa shape index (κ3) is 8.82. The molecule has 0 saturated carbocycles. The molecule has 0 bridgehead atoms. The minimum Gasteiger partial charge on any atom is -2.00 e. The van der Waals surface area contributed by atoms with Crippen LogP contribution in [0.1, 0.15) is 0 Å². The summed E-state index contributed by atoms with van der Waals surface area (Å²) >= 11 is 0. The molecule has 4 heteroatoms. The normalized spacial score (nSPS) is 0. The summed E-state index contributed by atoms with van der Waals surface area (Å²) in [6.45, 7) is 0. The van der Waals surface area contributed by atoms with Gasteiger partial charge in [-0.1, -0.05) is 0 Å². The van der Waals surface area contributed by atoms with E-state index in [9.17, 15) is 0 Å². The van der Waals surface area contributed by atoms with Crippen LogP contribution in [0, 0.1) is 0 Å². The molecule has 8 valence electrons. The Hall–Kier alpha value is 2.47. The van der Waals surface area contributed by atoms with Crippen LogP contribution < -0.4 is 0 Å². The molecule has 4 heavy (non-hydrogen) atoms. The van der Waals surface area contributed by atoms with Crippen molar-refractivity contribution in [2.45, 2.75) is 0 Å². The molecular formula is AlCaOTi+7. The predicted molar refractivity (Wildman–Crippen MR) is 12.2 cm³/mol. The van der Waals surface area contributed by atoms with Crippen LogP contribution in [0.4, 0.5) is 0 Å². The fourth-order valence-electron chi connectivity index (χ4n) is 0. The van der Waals surface area contributed by atoms with Crippen LogP contribution in [0.15, 0.2) is 0 Å². The second-order valence-corrected chi connectivity index (χ2v) is 0. The Bertz CT molecular complexity index is 8.00. The maximum Gasteiger partial charge on any atom is 4.00 e. The Morgan fingerprint density at radius 1 is 1.00 bits per heavy atom. The standard InChI is InChI=1S/Al.Ca.O.Ti/q+3;+2;-2;+4. The van der Waals surface area contributed by atoms with Gasteiger partial charge in [0.2, 0.25) is 0 Å². The molecule has 0 aromatic rings. The molecular weight excluding hydrogens is 131 g/mol. The zero-order valence-electron chi connectivity index (χ0n) is 2.19. The molecule has 0 N–H and O–H groups in total. The van der Waals surface area contributed by atoms with Gasteiger partial charge in [-0.2, -0.15) is 0 Å². The van der Waals surface area contributed by atoms with Crippen LogP contribution in [-0.2, 0) is 27.2 Å². The molecule has 0 aliphatic heterocycles. The molecule has 0 fully saturated rings. The van der Waals surface area contributed by atoms with Crippen molar-refractivity contribution < 1.29 is 27.2 Å². The van der Waals surface area contributed by atoms with Gasteiger partial charge in [-0.3, -0.25) is 0 Å². The van der Waals surface area contributed by atoms with Crippen molar-refractivity contribution >= 4 is 55.1 Å². The first-order valence-corrected chi connectivity index (χ1v) is 0. The summed E-state index contributed by atoms with van der Waals surface area (Å²) in [5.74, 6) is 0. The fraction of sp³-hybridized carbons (Fsp3) is 0. The number of hydrogen-bond donors (Lipinski definition) is 0. The van der Waals surface area contributed by atoms with E-state index < -0.39 is 0 Å². The Morgan fingerprint density at radius 3 is 1.00 bits per heavy atom. The Balaban J connectivity index is 0. The zero-order chi connectivity index (χ0) is 0. The molecule has 0 saturated heterocycles. The van der Waals surface area contributed by atoms with Crippen molar-refractivity contribution in [3.8, 4) is 0 Å². The van der Waals surface area contributed by atoms with Crippen LogP contribution in [0.25, 0.3) is 0 Å². The molecule has 0 unspecified atom stereocenters. The number of hydrogen-bond acceptors (Lipinski definition) is 0. The van der Waals surface area contributed by atoms with Crippen LogP contribution in [0.5, 0.6) is 0 Å². The first-order chi connectivity index (χ1) is 0. The first-order valence-electron chi connectivity index (χ1n) is 0. The van der Waals surface area contributed by atoms with Crippen molar-refractivity contribution in [3.05, 3.63) is 0 Å². The summed E-state index contributed by atoms with van der Waals surface area (Å²) in [6.07, 6.45) is 0. The molecule has 0 aliphatic rings. The Kier molecular flexibility index (Phi) is 142. The molecule has 0 radical (unpaired) electrons. The molecule has 0 atom stereocenters. The van der Waals surface area contributed by atoms with Gasteiger partial charge in [0.1, 0.15) is 0 Å². The van der Waals surface area contributed by atoms with Gasteiger partial charge >= 0.3 is 76.8 Å². The smallest absolute Gasteiger partial charge is 2.00 e. The minimum atomic E-state index is 0. The van der Waals surface area contributed by atoms with Gasteiger partial charge in [-0.25, -0.2) is 0 Å². The third-order valence-electron chi connectivity index (χ3n) is 0. The first kappa shape index (κ1) is 31.8. The van der Waals surface area contributed by atoms with Crippen LogP contribution in [-0.4, -0.2) is 55.1 Å². The second kappa shape index (κ2) is 17.9. The Morgan fingerprint density at radius 2 is 1.00 bits per heavy atom. The van der Waals surface area contributed by atoms with E-state index >= 15 is 0 Å². The van der Waals surface area contributed by atoms with E-state index in [2.05, 4.69) is 0 Å². The quantitative estimate of drug-likeness (QED) is 0.382. The summed E-state index contributed by atoms with van der Waals surface area (Å²) in [6, 6.07) is 0.